The van der Waals surface area contributed by atoms with E-state index < -0.39 is 12.2 Å². The van der Waals surface area contributed by atoms with Crippen LogP contribution in [0.15, 0.2) is 29.3 Å². The summed E-state index contributed by atoms with van der Waals surface area (Å²) in [6.07, 6.45) is 2.48. The molecular formula is C21H24N4O5S. The average molecular weight is 445 g/mol. The number of carbonyl (C=O) groups excluding carboxylic acids is 3. The number of benzene rings is 1. The van der Waals surface area contributed by atoms with E-state index in [0.29, 0.717) is 35.7 Å². The molecule has 4 aliphatic rings. The van der Waals surface area contributed by atoms with Crippen LogP contribution >= 0.6 is 11.8 Å². The number of morpholine rings is 1. The molecule has 1 aromatic carbocycles. The Balaban J connectivity index is 1.16. The Bertz CT molecular complexity index is 921. The number of thioether (sulfide) groups is 1. The minimum absolute atomic E-state index is 0.0796. The molecule has 0 bridgehead atoms. The molecule has 10 heteroatoms. The molecule has 3 fully saturated rings. The standard InChI is InChI=1S/C21H24N4O5S/c26-18-12-29-9-8-24(18)13-4-6-14(7-5-13)25-11-15(30-21(25)28)10-22-19(27)20-23-16-2-1-3-17(16)31-20/h4-7,15-17H,1-3,8-12H2,(H,22,27)/t15-,16?,17?/m0/s1. The molecule has 0 spiro atoms. The molecule has 2 saturated heterocycles. The van der Waals surface area contributed by atoms with Crippen LogP contribution in [-0.2, 0) is 19.1 Å². The summed E-state index contributed by atoms with van der Waals surface area (Å²) in [5.74, 6) is -0.266. The first-order chi connectivity index (χ1) is 15.1. The summed E-state index contributed by atoms with van der Waals surface area (Å²) in [6, 6.07) is 7.49. The molecule has 0 aromatic heterocycles. The number of ether oxygens (including phenoxy) is 2. The molecule has 2 unspecified atom stereocenters. The van der Waals surface area contributed by atoms with Gasteiger partial charge in [0, 0.05) is 23.2 Å². The van der Waals surface area contributed by atoms with Gasteiger partial charge in [-0.25, -0.2) is 4.79 Å². The van der Waals surface area contributed by atoms with E-state index in [1.807, 2.05) is 12.1 Å². The Kier molecular flexibility index (Phi) is 5.58. The second-order valence-corrected chi connectivity index (χ2v) is 9.26. The molecule has 3 heterocycles. The average Bonchev–Trinajstić information content (AvgIpc) is 3.47. The first-order valence-corrected chi connectivity index (χ1v) is 11.5. The van der Waals surface area contributed by atoms with Gasteiger partial charge in [-0.2, -0.15) is 0 Å². The van der Waals surface area contributed by atoms with Gasteiger partial charge < -0.3 is 19.7 Å². The number of aliphatic imine (C=N–C) groups is 1. The molecule has 3 atom stereocenters. The third kappa shape index (κ3) is 4.14. The van der Waals surface area contributed by atoms with Crippen LogP contribution in [-0.4, -0.2) is 73.2 Å². The Morgan fingerprint density at radius 1 is 1.16 bits per heavy atom. The maximum Gasteiger partial charge on any atom is 0.414 e. The van der Waals surface area contributed by atoms with Gasteiger partial charge >= 0.3 is 6.09 Å². The molecule has 1 aliphatic carbocycles. The predicted molar refractivity (Wildman–Crippen MR) is 117 cm³/mol. The number of nitrogens with zero attached hydrogens (tertiary/aromatic N) is 3. The van der Waals surface area contributed by atoms with Crippen molar-refractivity contribution in [2.75, 3.05) is 42.6 Å². The normalized spacial score (nSPS) is 27.9. The van der Waals surface area contributed by atoms with Crippen molar-refractivity contribution in [3.63, 3.8) is 0 Å². The number of hydrogen-bond donors (Lipinski definition) is 1. The lowest BCUT2D eigenvalue weighted by molar-refractivity contribution is -0.125. The molecule has 0 radical (unpaired) electrons. The van der Waals surface area contributed by atoms with Crippen molar-refractivity contribution in [2.24, 2.45) is 4.99 Å². The SMILES string of the molecule is O=C(NC[C@H]1CN(c2ccc(N3CCOCC3=O)cc2)C(=O)O1)C1=NC2CCCC2S1. The Morgan fingerprint density at radius 3 is 2.68 bits per heavy atom. The smallest absolute Gasteiger partial charge is 0.414 e. The minimum atomic E-state index is -0.448. The maximum absolute atomic E-state index is 12.4. The monoisotopic (exact) mass is 444 g/mol. The van der Waals surface area contributed by atoms with Gasteiger partial charge in [-0.1, -0.05) is 18.2 Å². The van der Waals surface area contributed by atoms with E-state index in [9.17, 15) is 14.4 Å². The van der Waals surface area contributed by atoms with E-state index in [1.54, 1.807) is 28.8 Å². The highest BCUT2D eigenvalue weighted by molar-refractivity contribution is 8.16. The summed E-state index contributed by atoms with van der Waals surface area (Å²) in [7, 11) is 0. The number of amides is 3. The second kappa shape index (κ2) is 8.51. The summed E-state index contributed by atoms with van der Waals surface area (Å²) in [5.41, 5.74) is 1.46. The number of cyclic esters (lactones) is 1. The summed E-state index contributed by atoms with van der Waals surface area (Å²) in [6.45, 7) is 1.69. The summed E-state index contributed by atoms with van der Waals surface area (Å²) in [4.78, 5) is 44.5. The van der Waals surface area contributed by atoms with E-state index in [1.165, 1.54) is 11.3 Å². The minimum Gasteiger partial charge on any atom is -0.442 e. The molecule has 3 amide bonds. The first kappa shape index (κ1) is 20.3. The van der Waals surface area contributed by atoms with Crippen molar-refractivity contribution in [3.05, 3.63) is 24.3 Å². The van der Waals surface area contributed by atoms with Crippen LogP contribution in [0.2, 0.25) is 0 Å². The highest BCUT2D eigenvalue weighted by Gasteiger charge is 2.37. The molecule has 3 aliphatic heterocycles. The zero-order chi connectivity index (χ0) is 21.4. The molecule has 1 N–H and O–H groups in total. The van der Waals surface area contributed by atoms with Crippen molar-refractivity contribution in [1.29, 1.82) is 0 Å². The van der Waals surface area contributed by atoms with E-state index in [2.05, 4.69) is 10.3 Å². The topological polar surface area (TPSA) is 101 Å². The van der Waals surface area contributed by atoms with E-state index >= 15 is 0 Å². The molecule has 5 rings (SSSR count). The summed E-state index contributed by atoms with van der Waals surface area (Å²) < 4.78 is 10.6. The van der Waals surface area contributed by atoms with Gasteiger partial charge in [0.2, 0.25) is 0 Å². The van der Waals surface area contributed by atoms with E-state index in [-0.39, 0.29) is 31.0 Å². The van der Waals surface area contributed by atoms with Crippen LogP contribution in [0.1, 0.15) is 19.3 Å². The number of hydrogen-bond acceptors (Lipinski definition) is 7. The lowest BCUT2D eigenvalue weighted by Gasteiger charge is -2.27. The predicted octanol–water partition coefficient (Wildman–Crippen LogP) is 1.56. The fourth-order valence-electron chi connectivity index (χ4n) is 4.35. The van der Waals surface area contributed by atoms with Crippen LogP contribution in [0.4, 0.5) is 16.2 Å². The fraction of sp³-hybridized carbons (Fsp3) is 0.524. The number of nitrogens with one attached hydrogen (secondary N) is 1. The van der Waals surface area contributed by atoms with Gasteiger partial charge in [0.25, 0.3) is 11.8 Å². The maximum atomic E-state index is 12.4. The van der Waals surface area contributed by atoms with Crippen molar-refractivity contribution < 1.29 is 23.9 Å². The van der Waals surface area contributed by atoms with Crippen molar-refractivity contribution >= 4 is 46.1 Å². The van der Waals surface area contributed by atoms with Crippen molar-refractivity contribution in [3.8, 4) is 0 Å². The highest BCUT2D eigenvalue weighted by Crippen LogP contribution is 2.38. The van der Waals surface area contributed by atoms with Crippen LogP contribution in [0.5, 0.6) is 0 Å². The molecule has 1 saturated carbocycles. The van der Waals surface area contributed by atoms with E-state index in [4.69, 9.17) is 9.47 Å². The van der Waals surface area contributed by atoms with Crippen molar-refractivity contribution in [1.82, 2.24) is 5.32 Å². The van der Waals surface area contributed by atoms with Gasteiger partial charge in [-0.3, -0.25) is 19.5 Å². The third-order valence-electron chi connectivity index (χ3n) is 5.98. The van der Waals surface area contributed by atoms with Crippen LogP contribution in [0.25, 0.3) is 0 Å². The summed E-state index contributed by atoms with van der Waals surface area (Å²) in [5, 5.41) is 3.84. The van der Waals surface area contributed by atoms with Crippen molar-refractivity contribution in [2.45, 2.75) is 36.7 Å². The Morgan fingerprint density at radius 2 is 1.94 bits per heavy atom. The molecule has 31 heavy (non-hydrogen) atoms. The summed E-state index contributed by atoms with van der Waals surface area (Å²) >= 11 is 1.57. The number of anilines is 2. The second-order valence-electron chi connectivity index (χ2n) is 8.03. The largest absolute Gasteiger partial charge is 0.442 e. The molecule has 1 aromatic rings. The zero-order valence-electron chi connectivity index (χ0n) is 17.0. The number of fused-ring (bicyclic) bond motifs is 1. The Labute approximate surface area is 184 Å². The third-order valence-corrected chi connectivity index (χ3v) is 7.35. The molecule has 164 valence electrons. The quantitative estimate of drug-likeness (QED) is 0.740. The lowest BCUT2D eigenvalue weighted by atomic mass is 10.2. The van der Waals surface area contributed by atoms with Gasteiger partial charge in [-0.15, -0.1) is 0 Å². The number of carbonyl (C=O) groups is 3. The Hall–Kier alpha value is -2.59. The lowest BCUT2D eigenvalue weighted by Crippen LogP contribution is -2.41. The van der Waals surface area contributed by atoms with Gasteiger partial charge in [-0.05, 0) is 37.1 Å². The first-order valence-electron chi connectivity index (χ1n) is 10.6. The van der Waals surface area contributed by atoms with Crippen LogP contribution < -0.4 is 15.1 Å². The van der Waals surface area contributed by atoms with E-state index in [0.717, 1.165) is 18.5 Å². The molecular weight excluding hydrogens is 420 g/mol. The number of rotatable bonds is 5. The van der Waals surface area contributed by atoms with Gasteiger partial charge in [0.1, 0.15) is 12.7 Å². The fourth-order valence-corrected chi connectivity index (χ4v) is 5.65. The van der Waals surface area contributed by atoms with Gasteiger partial charge in [0.05, 0.1) is 25.7 Å². The zero-order valence-corrected chi connectivity index (χ0v) is 17.8. The highest BCUT2D eigenvalue weighted by atomic mass is 32.2. The van der Waals surface area contributed by atoms with Gasteiger partial charge in [0.15, 0.2) is 5.04 Å². The van der Waals surface area contributed by atoms with Crippen LogP contribution in [0, 0.1) is 0 Å². The molecule has 9 nitrogen and oxygen atoms in total. The van der Waals surface area contributed by atoms with Crippen LogP contribution in [0.3, 0.4) is 0 Å².